The average molecular weight is 514 g/mol. The van der Waals surface area contributed by atoms with Crippen molar-refractivity contribution in [3.05, 3.63) is 54.0 Å². The standard InChI is InChI=1S/C18H19FN6.C9H15F2N/c1-9(2)25-11(4)22-16-14(19)7-12(8-15(16)25)13-5-6-24-17(13)10(3)21-18(20)23-24;1-7(2)12-5-4-8(3)9(10,11)6-12/h5-9H,1-4H3,(H2,20,23);8H,1,4-6H2,2-3H3. The number of allylic oxidation sites excluding steroid dienone is 1. The second kappa shape index (κ2) is 9.72. The Morgan fingerprint density at radius 3 is 2.54 bits per heavy atom. The van der Waals surface area contributed by atoms with E-state index in [9.17, 15) is 13.2 Å². The summed E-state index contributed by atoms with van der Waals surface area (Å²) >= 11 is 0. The number of hydrogen-bond acceptors (Lipinski definition) is 5. The Balaban J connectivity index is 0.000000225. The topological polar surface area (TPSA) is 77.3 Å². The molecular weight excluding hydrogens is 479 g/mol. The molecular formula is C27H34F3N7. The molecule has 10 heteroatoms. The number of nitrogens with two attached hydrogens (primary N) is 1. The first-order chi connectivity index (χ1) is 17.3. The van der Waals surface area contributed by atoms with Gasteiger partial charge < -0.3 is 15.2 Å². The van der Waals surface area contributed by atoms with Crippen LogP contribution in [0.15, 0.2) is 36.7 Å². The molecule has 1 aliphatic heterocycles. The van der Waals surface area contributed by atoms with Crippen LogP contribution in [-0.2, 0) is 0 Å². The summed E-state index contributed by atoms with van der Waals surface area (Å²) in [6.45, 7) is 15.5. The molecule has 1 aromatic carbocycles. The fourth-order valence-corrected chi connectivity index (χ4v) is 4.91. The predicted molar refractivity (Wildman–Crippen MR) is 141 cm³/mol. The second-order valence-electron chi connectivity index (χ2n) is 10.1. The molecule has 3 aromatic heterocycles. The molecule has 0 spiro atoms. The number of aryl methyl sites for hydroxylation is 2. The number of anilines is 1. The minimum atomic E-state index is -2.54. The maximum absolute atomic E-state index is 14.7. The van der Waals surface area contributed by atoms with Crippen LogP contribution >= 0.6 is 0 Å². The van der Waals surface area contributed by atoms with Gasteiger partial charge >= 0.3 is 0 Å². The summed E-state index contributed by atoms with van der Waals surface area (Å²) in [7, 11) is 0. The van der Waals surface area contributed by atoms with Crippen molar-refractivity contribution in [2.24, 2.45) is 5.92 Å². The van der Waals surface area contributed by atoms with Crippen LogP contribution in [0.1, 0.15) is 51.7 Å². The Bertz CT molecular complexity index is 1470. The van der Waals surface area contributed by atoms with Crippen molar-refractivity contribution in [1.82, 2.24) is 29.0 Å². The number of piperidine rings is 1. The zero-order valence-corrected chi connectivity index (χ0v) is 22.2. The lowest BCUT2D eigenvalue weighted by Gasteiger charge is -2.38. The van der Waals surface area contributed by atoms with E-state index in [1.165, 1.54) is 6.07 Å². The van der Waals surface area contributed by atoms with Gasteiger partial charge in [0.1, 0.15) is 11.3 Å². The van der Waals surface area contributed by atoms with Crippen molar-refractivity contribution in [1.29, 1.82) is 0 Å². The number of imidazole rings is 1. The monoisotopic (exact) mass is 513 g/mol. The highest BCUT2D eigenvalue weighted by Crippen LogP contribution is 2.34. The molecule has 5 rings (SSSR count). The molecule has 0 bridgehead atoms. The van der Waals surface area contributed by atoms with E-state index in [4.69, 9.17) is 5.73 Å². The molecule has 4 heterocycles. The number of nitrogens with zero attached hydrogens (tertiary/aromatic N) is 6. The van der Waals surface area contributed by atoms with Crippen LogP contribution < -0.4 is 5.73 Å². The Kier molecular flexibility index (Phi) is 6.96. The molecule has 4 aromatic rings. The van der Waals surface area contributed by atoms with Crippen molar-refractivity contribution in [3.8, 4) is 11.1 Å². The maximum atomic E-state index is 14.7. The van der Waals surface area contributed by atoms with Crippen LogP contribution in [0.25, 0.3) is 27.7 Å². The van der Waals surface area contributed by atoms with Crippen LogP contribution in [-0.4, -0.2) is 48.1 Å². The van der Waals surface area contributed by atoms with Gasteiger partial charge in [-0.3, -0.25) is 0 Å². The third-order valence-corrected chi connectivity index (χ3v) is 6.95. The van der Waals surface area contributed by atoms with Crippen LogP contribution in [0.2, 0.25) is 0 Å². The van der Waals surface area contributed by atoms with Crippen molar-refractivity contribution in [2.45, 2.75) is 59.9 Å². The van der Waals surface area contributed by atoms with Crippen molar-refractivity contribution in [3.63, 3.8) is 0 Å². The molecule has 1 fully saturated rings. The van der Waals surface area contributed by atoms with Gasteiger partial charge in [0, 0.05) is 36.0 Å². The highest BCUT2D eigenvalue weighted by Gasteiger charge is 2.41. The van der Waals surface area contributed by atoms with E-state index >= 15 is 0 Å². The van der Waals surface area contributed by atoms with E-state index in [1.54, 1.807) is 23.3 Å². The van der Waals surface area contributed by atoms with E-state index in [1.807, 2.05) is 36.7 Å². The fourth-order valence-electron chi connectivity index (χ4n) is 4.91. The number of nitrogen functional groups attached to an aromatic ring is 1. The van der Waals surface area contributed by atoms with Gasteiger partial charge in [0.25, 0.3) is 5.92 Å². The summed E-state index contributed by atoms with van der Waals surface area (Å²) in [5.74, 6) is -2.36. The number of fused-ring (bicyclic) bond motifs is 2. The first kappa shape index (κ1) is 26.5. The lowest BCUT2D eigenvalue weighted by molar-refractivity contribution is -0.0965. The van der Waals surface area contributed by atoms with Gasteiger partial charge in [0.2, 0.25) is 5.95 Å². The molecule has 198 valence electrons. The van der Waals surface area contributed by atoms with Gasteiger partial charge in [-0.15, -0.1) is 5.10 Å². The first-order valence-corrected chi connectivity index (χ1v) is 12.4. The molecule has 0 amide bonds. The van der Waals surface area contributed by atoms with Gasteiger partial charge in [0.05, 0.1) is 23.3 Å². The summed E-state index contributed by atoms with van der Waals surface area (Å²) in [4.78, 5) is 10.3. The van der Waals surface area contributed by atoms with Crippen LogP contribution in [0.3, 0.4) is 0 Å². The SMILES string of the molecule is C=C(C)N1CCC(C)C(F)(F)C1.Cc1nc(N)nn2ccc(-c3cc(F)c4nc(C)n(C(C)C)c4c3)c12. The zero-order chi connectivity index (χ0) is 27.2. The molecule has 37 heavy (non-hydrogen) atoms. The van der Waals surface area contributed by atoms with E-state index in [2.05, 4.69) is 35.5 Å². The van der Waals surface area contributed by atoms with E-state index in [0.29, 0.717) is 18.5 Å². The minimum Gasteiger partial charge on any atom is -0.369 e. The van der Waals surface area contributed by atoms with Gasteiger partial charge in [-0.2, -0.15) is 0 Å². The lowest BCUT2D eigenvalue weighted by atomic mass is 9.95. The number of hydrogen-bond donors (Lipinski definition) is 1. The summed E-state index contributed by atoms with van der Waals surface area (Å²) in [6, 6.07) is 5.59. The molecule has 2 N–H and O–H groups in total. The highest BCUT2D eigenvalue weighted by atomic mass is 19.3. The molecule has 0 saturated carbocycles. The smallest absolute Gasteiger partial charge is 0.267 e. The Morgan fingerprint density at radius 2 is 1.92 bits per heavy atom. The normalized spacial score (nSPS) is 17.4. The number of benzene rings is 1. The number of alkyl halides is 2. The Morgan fingerprint density at radius 1 is 1.22 bits per heavy atom. The van der Waals surface area contributed by atoms with Crippen LogP contribution in [0.4, 0.5) is 19.1 Å². The Hall–Kier alpha value is -3.56. The molecule has 1 atom stereocenters. The first-order valence-electron chi connectivity index (χ1n) is 12.4. The quantitative estimate of drug-likeness (QED) is 0.355. The molecule has 0 radical (unpaired) electrons. The van der Waals surface area contributed by atoms with Gasteiger partial charge in [-0.25, -0.2) is 27.7 Å². The van der Waals surface area contributed by atoms with Gasteiger partial charge in [-0.05, 0) is 64.8 Å². The number of halogens is 3. The second-order valence-corrected chi connectivity index (χ2v) is 10.1. The summed E-state index contributed by atoms with van der Waals surface area (Å²) < 4.78 is 44.7. The predicted octanol–water partition coefficient (Wildman–Crippen LogP) is 6.16. The van der Waals surface area contributed by atoms with Crippen molar-refractivity contribution >= 4 is 22.5 Å². The Labute approximate surface area is 214 Å². The third-order valence-electron chi connectivity index (χ3n) is 6.95. The highest BCUT2D eigenvalue weighted by molar-refractivity contribution is 5.89. The number of likely N-dealkylation sites (tertiary alicyclic amines) is 1. The maximum Gasteiger partial charge on any atom is 0.267 e. The van der Waals surface area contributed by atoms with Crippen molar-refractivity contribution < 1.29 is 13.2 Å². The summed E-state index contributed by atoms with van der Waals surface area (Å²) in [6.07, 6.45) is 2.36. The third kappa shape index (κ3) is 5.01. The lowest BCUT2D eigenvalue weighted by Crippen LogP contribution is -2.46. The van der Waals surface area contributed by atoms with Crippen molar-refractivity contribution in [2.75, 3.05) is 18.8 Å². The van der Waals surface area contributed by atoms with E-state index in [0.717, 1.165) is 39.4 Å². The number of aromatic nitrogens is 5. The van der Waals surface area contributed by atoms with E-state index in [-0.39, 0.29) is 24.4 Å². The molecule has 7 nitrogen and oxygen atoms in total. The molecule has 1 unspecified atom stereocenters. The van der Waals surface area contributed by atoms with Gasteiger partial charge in [0.15, 0.2) is 5.82 Å². The molecule has 1 saturated heterocycles. The fraction of sp³-hybridized carbons (Fsp3) is 0.444. The van der Waals surface area contributed by atoms with E-state index < -0.39 is 11.8 Å². The average Bonchev–Trinajstić information content (AvgIpc) is 3.36. The molecule has 1 aliphatic rings. The van der Waals surface area contributed by atoms with Crippen LogP contribution in [0.5, 0.6) is 0 Å². The summed E-state index contributed by atoms with van der Waals surface area (Å²) in [5, 5.41) is 4.19. The van der Waals surface area contributed by atoms with Gasteiger partial charge in [-0.1, -0.05) is 13.5 Å². The zero-order valence-electron chi connectivity index (χ0n) is 22.2. The minimum absolute atomic E-state index is 0.163. The summed E-state index contributed by atoms with van der Waals surface area (Å²) in [5.41, 5.74) is 10.8. The largest absolute Gasteiger partial charge is 0.369 e. The number of rotatable bonds is 3. The molecule has 0 aliphatic carbocycles. The van der Waals surface area contributed by atoms with Crippen LogP contribution in [0, 0.1) is 25.6 Å².